The van der Waals surface area contributed by atoms with Crippen molar-refractivity contribution >= 4 is 11.6 Å². The van der Waals surface area contributed by atoms with E-state index in [2.05, 4.69) is 21.6 Å². The number of ether oxygens (including phenoxy) is 1. The van der Waals surface area contributed by atoms with E-state index < -0.39 is 0 Å². The summed E-state index contributed by atoms with van der Waals surface area (Å²) < 4.78 is 6.72. The van der Waals surface area contributed by atoms with Gasteiger partial charge >= 0.3 is 0 Å². The van der Waals surface area contributed by atoms with Crippen molar-refractivity contribution in [2.24, 2.45) is 0 Å². The summed E-state index contributed by atoms with van der Waals surface area (Å²) in [6.07, 6.45) is 3.39. The molecule has 5 nitrogen and oxygen atoms in total. The van der Waals surface area contributed by atoms with E-state index in [1.54, 1.807) is 29.2 Å². The number of hydrogen-bond donors (Lipinski definition) is 0. The highest BCUT2D eigenvalue weighted by atomic mass is 35.5. The zero-order valence-corrected chi connectivity index (χ0v) is 10.1. The van der Waals surface area contributed by atoms with Gasteiger partial charge in [0, 0.05) is 11.6 Å². The van der Waals surface area contributed by atoms with E-state index in [9.17, 15) is 0 Å². The van der Waals surface area contributed by atoms with Crippen molar-refractivity contribution in [2.45, 2.75) is 6.54 Å². The maximum Gasteiger partial charge on any atom is 0.215 e. The topological polar surface area (TPSA) is 52.8 Å². The molecule has 0 N–H and O–H groups in total. The highest BCUT2D eigenvalue weighted by Gasteiger charge is 2.08. The van der Waals surface area contributed by atoms with Crippen LogP contribution in [0.4, 0.5) is 0 Å². The Morgan fingerprint density at radius 1 is 1.53 bits per heavy atom. The van der Waals surface area contributed by atoms with Gasteiger partial charge in [0.25, 0.3) is 0 Å². The van der Waals surface area contributed by atoms with Crippen LogP contribution in [-0.4, -0.2) is 26.9 Å². The van der Waals surface area contributed by atoms with E-state index >= 15 is 0 Å². The molecule has 0 saturated carbocycles. The Morgan fingerprint density at radius 2 is 2.35 bits per heavy atom. The SMILES string of the molecule is C=CCn1cnc(-c2cc(Cl)nc(OC)c2)n1. The molecule has 0 unspecified atom stereocenters. The smallest absolute Gasteiger partial charge is 0.215 e. The number of methoxy groups -OCH3 is 1. The molecule has 2 aromatic rings. The van der Waals surface area contributed by atoms with Crippen LogP contribution in [-0.2, 0) is 6.54 Å². The van der Waals surface area contributed by atoms with E-state index in [1.165, 1.54) is 7.11 Å². The highest BCUT2D eigenvalue weighted by molar-refractivity contribution is 6.29. The van der Waals surface area contributed by atoms with E-state index in [0.717, 1.165) is 5.56 Å². The van der Waals surface area contributed by atoms with Crippen LogP contribution in [0.15, 0.2) is 31.1 Å². The van der Waals surface area contributed by atoms with Crippen LogP contribution in [0.5, 0.6) is 5.88 Å². The molecule has 0 amide bonds. The molecule has 0 saturated heterocycles. The molecule has 2 rings (SSSR count). The first-order valence-corrected chi connectivity index (χ1v) is 5.33. The standard InChI is InChI=1S/C11H11ClN4O/c1-3-4-16-7-13-11(15-16)8-5-9(12)14-10(6-8)17-2/h3,5-7H,1,4H2,2H3. The Balaban J connectivity index is 2.37. The van der Waals surface area contributed by atoms with Gasteiger partial charge in [0.1, 0.15) is 11.5 Å². The Labute approximate surface area is 104 Å². The Hall–Kier alpha value is -1.88. The second-order valence-electron chi connectivity index (χ2n) is 3.30. The molecule has 0 aliphatic rings. The number of hydrogen-bond acceptors (Lipinski definition) is 4. The molecule has 2 aromatic heterocycles. The van der Waals surface area contributed by atoms with Crippen molar-refractivity contribution < 1.29 is 4.74 Å². The van der Waals surface area contributed by atoms with Gasteiger partial charge in [-0.3, -0.25) is 0 Å². The average Bonchev–Trinajstić information content (AvgIpc) is 2.77. The summed E-state index contributed by atoms with van der Waals surface area (Å²) >= 11 is 5.88. The molecule has 0 fully saturated rings. The second-order valence-corrected chi connectivity index (χ2v) is 3.69. The third kappa shape index (κ3) is 2.62. The molecule has 0 aliphatic carbocycles. The van der Waals surface area contributed by atoms with Crippen molar-refractivity contribution in [3.8, 4) is 17.3 Å². The van der Waals surface area contributed by atoms with Crippen LogP contribution in [0, 0.1) is 0 Å². The number of pyridine rings is 1. The zero-order chi connectivity index (χ0) is 12.3. The maximum absolute atomic E-state index is 5.88. The van der Waals surface area contributed by atoms with Gasteiger partial charge in [0.05, 0.1) is 13.7 Å². The molecule has 17 heavy (non-hydrogen) atoms. The van der Waals surface area contributed by atoms with Crippen molar-refractivity contribution in [2.75, 3.05) is 7.11 Å². The molecule has 0 spiro atoms. The van der Waals surface area contributed by atoms with Crippen molar-refractivity contribution in [1.29, 1.82) is 0 Å². The van der Waals surface area contributed by atoms with Gasteiger partial charge in [0.2, 0.25) is 5.88 Å². The summed E-state index contributed by atoms with van der Waals surface area (Å²) in [4.78, 5) is 8.17. The first-order valence-electron chi connectivity index (χ1n) is 4.95. The minimum Gasteiger partial charge on any atom is -0.481 e. The Morgan fingerprint density at radius 3 is 3.06 bits per heavy atom. The summed E-state index contributed by atoms with van der Waals surface area (Å²) in [7, 11) is 1.53. The van der Waals surface area contributed by atoms with Crippen LogP contribution in [0.1, 0.15) is 0 Å². The number of aromatic nitrogens is 4. The highest BCUT2D eigenvalue weighted by Crippen LogP contribution is 2.22. The minimum atomic E-state index is 0.347. The largest absolute Gasteiger partial charge is 0.481 e. The van der Waals surface area contributed by atoms with Gasteiger partial charge < -0.3 is 4.74 Å². The van der Waals surface area contributed by atoms with Crippen LogP contribution in [0.2, 0.25) is 5.15 Å². The first kappa shape index (κ1) is 11.6. The van der Waals surface area contributed by atoms with Gasteiger partial charge in [-0.15, -0.1) is 6.58 Å². The molecule has 0 aliphatic heterocycles. The molecule has 0 bridgehead atoms. The van der Waals surface area contributed by atoms with E-state index in [-0.39, 0.29) is 0 Å². The predicted octanol–water partition coefficient (Wildman–Crippen LogP) is 2.19. The third-order valence-electron chi connectivity index (χ3n) is 2.09. The molecule has 0 aromatic carbocycles. The lowest BCUT2D eigenvalue weighted by molar-refractivity contribution is 0.398. The molecule has 88 valence electrons. The number of nitrogens with zero attached hydrogens (tertiary/aromatic N) is 4. The molecular weight excluding hydrogens is 240 g/mol. The quantitative estimate of drug-likeness (QED) is 0.617. The molecule has 2 heterocycles. The van der Waals surface area contributed by atoms with Gasteiger partial charge in [-0.2, -0.15) is 5.10 Å². The zero-order valence-electron chi connectivity index (χ0n) is 9.30. The van der Waals surface area contributed by atoms with Crippen LogP contribution in [0.3, 0.4) is 0 Å². The number of halogens is 1. The maximum atomic E-state index is 5.88. The lowest BCUT2D eigenvalue weighted by Crippen LogP contribution is -1.95. The molecule has 0 radical (unpaired) electrons. The predicted molar refractivity (Wildman–Crippen MR) is 65.0 cm³/mol. The number of allylic oxidation sites excluding steroid dienone is 1. The summed E-state index contributed by atoms with van der Waals surface area (Å²) in [5, 5.41) is 4.63. The molecule has 6 heteroatoms. The van der Waals surface area contributed by atoms with E-state index in [0.29, 0.717) is 23.4 Å². The normalized spacial score (nSPS) is 10.2. The van der Waals surface area contributed by atoms with Crippen molar-refractivity contribution in [1.82, 2.24) is 19.7 Å². The summed E-state index contributed by atoms with van der Waals surface area (Å²) in [5.74, 6) is 1.02. The van der Waals surface area contributed by atoms with Gasteiger partial charge in [-0.25, -0.2) is 14.6 Å². The first-order chi connectivity index (χ1) is 8.22. The lowest BCUT2D eigenvalue weighted by atomic mass is 10.2. The molecule has 0 atom stereocenters. The lowest BCUT2D eigenvalue weighted by Gasteiger charge is -2.01. The van der Waals surface area contributed by atoms with Gasteiger partial charge in [-0.1, -0.05) is 17.7 Å². The minimum absolute atomic E-state index is 0.347. The van der Waals surface area contributed by atoms with E-state index in [1.807, 2.05) is 0 Å². The summed E-state index contributed by atoms with van der Waals surface area (Å²) in [6, 6.07) is 3.43. The van der Waals surface area contributed by atoms with Gasteiger partial charge in [-0.05, 0) is 6.07 Å². The fourth-order valence-corrected chi connectivity index (χ4v) is 1.55. The average molecular weight is 251 g/mol. The van der Waals surface area contributed by atoms with Crippen molar-refractivity contribution in [3.63, 3.8) is 0 Å². The molecular formula is C11H11ClN4O. The fraction of sp³-hybridized carbons (Fsp3) is 0.182. The fourth-order valence-electron chi connectivity index (χ4n) is 1.35. The Kier molecular flexibility index (Phi) is 3.39. The number of rotatable bonds is 4. The monoisotopic (exact) mass is 250 g/mol. The van der Waals surface area contributed by atoms with Crippen molar-refractivity contribution in [3.05, 3.63) is 36.3 Å². The van der Waals surface area contributed by atoms with E-state index in [4.69, 9.17) is 16.3 Å². The van der Waals surface area contributed by atoms with Crippen LogP contribution >= 0.6 is 11.6 Å². The summed E-state index contributed by atoms with van der Waals surface area (Å²) in [5.41, 5.74) is 0.768. The van der Waals surface area contributed by atoms with Gasteiger partial charge in [0.15, 0.2) is 5.82 Å². The summed E-state index contributed by atoms with van der Waals surface area (Å²) in [6.45, 7) is 4.25. The third-order valence-corrected chi connectivity index (χ3v) is 2.28. The Bertz CT molecular complexity index is 538. The second kappa shape index (κ2) is 4.97. The van der Waals surface area contributed by atoms with Crippen LogP contribution in [0.25, 0.3) is 11.4 Å². The van der Waals surface area contributed by atoms with Crippen LogP contribution < -0.4 is 4.74 Å².